The van der Waals surface area contributed by atoms with Crippen molar-refractivity contribution < 1.29 is 9.32 Å². The van der Waals surface area contributed by atoms with Crippen LogP contribution in [0.25, 0.3) is 21.9 Å². The lowest BCUT2D eigenvalue weighted by atomic mass is 9.96. The van der Waals surface area contributed by atoms with E-state index in [9.17, 15) is 9.59 Å². The van der Waals surface area contributed by atoms with Gasteiger partial charge >= 0.3 is 0 Å². The van der Waals surface area contributed by atoms with Gasteiger partial charge in [-0.25, -0.2) is 4.98 Å². The molecular formula is C27H28N6O3. The molecule has 0 aliphatic carbocycles. The molecule has 0 fully saturated rings. The summed E-state index contributed by atoms with van der Waals surface area (Å²) in [5, 5.41) is 7.82. The number of benzene rings is 2. The zero-order chi connectivity index (χ0) is 25.4. The Morgan fingerprint density at radius 1 is 1.11 bits per heavy atom. The minimum absolute atomic E-state index is 0.00838. The Bertz CT molecular complexity index is 1620. The second kappa shape index (κ2) is 9.07. The first kappa shape index (κ1) is 23.5. The van der Waals surface area contributed by atoms with Gasteiger partial charge in [0.15, 0.2) is 5.82 Å². The average Bonchev–Trinajstić information content (AvgIpc) is 3.44. The number of hydrogen-bond donors (Lipinski definition) is 1. The molecule has 9 nitrogen and oxygen atoms in total. The predicted octanol–water partition coefficient (Wildman–Crippen LogP) is 3.70. The van der Waals surface area contributed by atoms with E-state index in [0.717, 1.165) is 22.0 Å². The maximum Gasteiger partial charge on any atom is 0.278 e. The molecule has 0 unspecified atom stereocenters. The van der Waals surface area contributed by atoms with Gasteiger partial charge in [-0.15, -0.1) is 0 Å². The Hall–Kier alpha value is -4.27. The third kappa shape index (κ3) is 4.51. The van der Waals surface area contributed by atoms with Gasteiger partial charge in [0.1, 0.15) is 24.1 Å². The van der Waals surface area contributed by atoms with E-state index in [0.29, 0.717) is 29.3 Å². The third-order valence-corrected chi connectivity index (χ3v) is 6.06. The van der Waals surface area contributed by atoms with Gasteiger partial charge in [0.2, 0.25) is 11.8 Å². The van der Waals surface area contributed by atoms with Gasteiger partial charge in [0.25, 0.3) is 5.56 Å². The number of nitrogens with one attached hydrogen (secondary N) is 1. The molecule has 0 spiro atoms. The molecule has 3 aromatic heterocycles. The number of rotatable bonds is 6. The number of amides is 1. The minimum atomic E-state index is -0.278. The SMILES string of the molecule is Cc1ccc2c(c1)c1ncn(Cc3nc(C(C)(C)C)no3)c(=O)c1n2CC(=O)NCc1ccccc1. The van der Waals surface area contributed by atoms with Crippen LogP contribution in [0.15, 0.2) is 64.2 Å². The molecule has 0 saturated carbocycles. The predicted molar refractivity (Wildman–Crippen MR) is 137 cm³/mol. The van der Waals surface area contributed by atoms with Crippen LogP contribution in [-0.4, -0.2) is 30.2 Å². The Kier molecular flexibility index (Phi) is 5.91. The molecule has 0 radical (unpaired) electrons. The lowest BCUT2D eigenvalue weighted by molar-refractivity contribution is -0.121. The fourth-order valence-corrected chi connectivity index (χ4v) is 4.16. The Morgan fingerprint density at radius 3 is 2.61 bits per heavy atom. The summed E-state index contributed by atoms with van der Waals surface area (Å²) < 4.78 is 8.56. The van der Waals surface area contributed by atoms with Crippen molar-refractivity contribution in [2.75, 3.05) is 0 Å². The molecule has 3 heterocycles. The largest absolute Gasteiger partial charge is 0.350 e. The van der Waals surface area contributed by atoms with Crippen molar-refractivity contribution in [2.45, 2.75) is 52.7 Å². The van der Waals surface area contributed by atoms with E-state index in [2.05, 4.69) is 20.4 Å². The number of nitrogens with zero attached hydrogens (tertiary/aromatic N) is 5. The highest BCUT2D eigenvalue weighted by Crippen LogP contribution is 2.26. The second-order valence-electron chi connectivity index (χ2n) is 10.0. The normalized spacial score (nSPS) is 11.9. The molecule has 0 atom stereocenters. The van der Waals surface area contributed by atoms with Crippen molar-refractivity contribution in [1.29, 1.82) is 0 Å². The van der Waals surface area contributed by atoms with Gasteiger partial charge in [-0.1, -0.05) is 67.9 Å². The van der Waals surface area contributed by atoms with E-state index in [1.807, 2.05) is 76.2 Å². The first-order valence-corrected chi connectivity index (χ1v) is 11.8. The molecular weight excluding hydrogens is 456 g/mol. The van der Waals surface area contributed by atoms with Crippen molar-refractivity contribution in [3.63, 3.8) is 0 Å². The van der Waals surface area contributed by atoms with E-state index in [1.165, 1.54) is 10.9 Å². The number of fused-ring (bicyclic) bond motifs is 3. The van der Waals surface area contributed by atoms with Gasteiger partial charge < -0.3 is 14.4 Å². The topological polar surface area (TPSA) is 108 Å². The van der Waals surface area contributed by atoms with Gasteiger partial charge in [0.05, 0.1) is 11.8 Å². The van der Waals surface area contributed by atoms with E-state index < -0.39 is 0 Å². The summed E-state index contributed by atoms with van der Waals surface area (Å²) in [5.41, 5.74) is 3.20. The van der Waals surface area contributed by atoms with Crippen molar-refractivity contribution in [2.24, 2.45) is 0 Å². The maximum absolute atomic E-state index is 13.7. The average molecular weight is 485 g/mol. The summed E-state index contributed by atoms with van der Waals surface area (Å²) in [4.78, 5) is 35.6. The smallest absolute Gasteiger partial charge is 0.278 e. The highest BCUT2D eigenvalue weighted by atomic mass is 16.5. The van der Waals surface area contributed by atoms with Gasteiger partial charge in [-0.05, 0) is 24.6 Å². The molecule has 0 aliphatic heterocycles. The highest BCUT2D eigenvalue weighted by Gasteiger charge is 2.22. The number of carbonyl (C=O) groups is 1. The fraction of sp³-hybridized carbons (Fsp3) is 0.296. The Balaban J connectivity index is 1.53. The number of aromatic nitrogens is 5. The van der Waals surface area contributed by atoms with Crippen LogP contribution in [0.1, 0.15) is 43.6 Å². The van der Waals surface area contributed by atoms with E-state index in [4.69, 9.17) is 4.52 Å². The van der Waals surface area contributed by atoms with Crippen molar-refractivity contribution >= 4 is 27.8 Å². The van der Waals surface area contributed by atoms with E-state index in [1.54, 1.807) is 4.57 Å². The molecule has 0 aliphatic rings. The molecule has 9 heteroatoms. The zero-order valence-corrected chi connectivity index (χ0v) is 20.8. The van der Waals surface area contributed by atoms with Crippen LogP contribution in [0.2, 0.25) is 0 Å². The van der Waals surface area contributed by atoms with Gasteiger partial charge in [-0.3, -0.25) is 14.2 Å². The maximum atomic E-state index is 13.7. The minimum Gasteiger partial charge on any atom is -0.350 e. The highest BCUT2D eigenvalue weighted by molar-refractivity contribution is 6.06. The summed E-state index contributed by atoms with van der Waals surface area (Å²) in [6.07, 6.45) is 1.49. The fourth-order valence-electron chi connectivity index (χ4n) is 4.16. The standard InChI is InChI=1S/C27H28N6O3/c1-17-10-11-20-19(12-17)23-24(33(20)14-21(34)28-13-18-8-6-5-7-9-18)25(35)32(16-29-23)15-22-30-26(31-36-22)27(2,3)4/h5-12,16H,13-15H2,1-4H3,(H,28,34). The molecule has 1 N–H and O–H groups in total. The number of hydrogen-bond acceptors (Lipinski definition) is 6. The van der Waals surface area contributed by atoms with Crippen LogP contribution in [0.3, 0.4) is 0 Å². The Morgan fingerprint density at radius 2 is 1.89 bits per heavy atom. The first-order valence-electron chi connectivity index (χ1n) is 11.8. The van der Waals surface area contributed by atoms with Crippen LogP contribution < -0.4 is 10.9 Å². The summed E-state index contributed by atoms with van der Waals surface area (Å²) in [5.74, 6) is 0.696. The first-order chi connectivity index (χ1) is 17.2. The van der Waals surface area contributed by atoms with Crippen LogP contribution in [0.4, 0.5) is 0 Å². The molecule has 0 saturated heterocycles. The van der Waals surface area contributed by atoms with E-state index >= 15 is 0 Å². The van der Waals surface area contributed by atoms with Gasteiger partial charge in [0, 0.05) is 17.3 Å². The van der Waals surface area contributed by atoms with E-state index in [-0.39, 0.29) is 30.0 Å². The van der Waals surface area contributed by atoms with Crippen molar-refractivity contribution in [3.8, 4) is 0 Å². The molecule has 36 heavy (non-hydrogen) atoms. The summed E-state index contributed by atoms with van der Waals surface area (Å²) in [6.45, 7) is 8.45. The lowest BCUT2D eigenvalue weighted by Crippen LogP contribution is -2.29. The number of carbonyl (C=O) groups excluding carboxylic acids is 1. The molecule has 2 aromatic carbocycles. The third-order valence-electron chi connectivity index (χ3n) is 6.06. The summed E-state index contributed by atoms with van der Waals surface area (Å²) in [6, 6.07) is 15.6. The van der Waals surface area contributed by atoms with Crippen molar-refractivity contribution in [1.82, 2.24) is 29.6 Å². The molecule has 1 amide bonds. The van der Waals surface area contributed by atoms with Crippen LogP contribution in [-0.2, 0) is 29.8 Å². The molecule has 5 rings (SSSR count). The second-order valence-corrected chi connectivity index (χ2v) is 10.0. The van der Waals surface area contributed by atoms with Crippen molar-refractivity contribution in [3.05, 3.63) is 88.1 Å². The number of aryl methyl sites for hydroxylation is 1. The van der Waals surface area contributed by atoms with Gasteiger partial charge in [-0.2, -0.15) is 4.98 Å². The Labute approximate surface area is 207 Å². The lowest BCUT2D eigenvalue weighted by Gasteiger charge is -2.11. The molecule has 0 bridgehead atoms. The summed E-state index contributed by atoms with van der Waals surface area (Å²) >= 11 is 0. The zero-order valence-electron chi connectivity index (χ0n) is 20.8. The quantitative estimate of drug-likeness (QED) is 0.394. The van der Waals surface area contributed by atoms with Crippen LogP contribution in [0.5, 0.6) is 0 Å². The molecule has 5 aromatic rings. The summed E-state index contributed by atoms with van der Waals surface area (Å²) in [7, 11) is 0. The monoisotopic (exact) mass is 484 g/mol. The van der Waals surface area contributed by atoms with Crippen LogP contribution >= 0.6 is 0 Å². The molecule has 184 valence electrons. The van der Waals surface area contributed by atoms with Crippen LogP contribution in [0, 0.1) is 6.92 Å².